The Bertz CT molecular complexity index is 221. The summed E-state index contributed by atoms with van der Waals surface area (Å²) in [7, 11) is 0. The number of hydrogen-bond donors (Lipinski definition) is 3. The molecule has 0 aliphatic heterocycles. The summed E-state index contributed by atoms with van der Waals surface area (Å²) in [5.74, 6) is 0. The Morgan fingerprint density at radius 3 is 1.93 bits per heavy atom. The van der Waals surface area contributed by atoms with E-state index in [1.54, 1.807) is 0 Å². The van der Waals surface area contributed by atoms with Crippen LogP contribution in [0.4, 0.5) is 4.79 Å². The van der Waals surface area contributed by atoms with Gasteiger partial charge in [0, 0.05) is 0 Å². The van der Waals surface area contributed by atoms with Gasteiger partial charge in [-0.2, -0.15) is 0 Å². The highest BCUT2D eigenvalue weighted by Gasteiger charge is 1.86. The van der Waals surface area contributed by atoms with Gasteiger partial charge in [0.15, 0.2) is 0 Å². The van der Waals surface area contributed by atoms with Crippen molar-refractivity contribution >= 4 is 6.16 Å². The summed E-state index contributed by atoms with van der Waals surface area (Å²) >= 11 is 0. The summed E-state index contributed by atoms with van der Waals surface area (Å²) in [5.41, 5.74) is 2.63. The van der Waals surface area contributed by atoms with Gasteiger partial charge in [0.25, 0.3) is 0 Å². The third-order valence-electron chi connectivity index (χ3n) is 1.53. The summed E-state index contributed by atoms with van der Waals surface area (Å²) in [4.78, 5) is 8.56. The standard InChI is InChI=1S/C10H18O.CH2O3/c1-9(2)5-4-6-10(3)7-8-11;2-1(3)4/h5,7,11H,4,6,8H2,1-3H3;(H2,2,3,4)/b10-7+;. The van der Waals surface area contributed by atoms with Crippen molar-refractivity contribution in [3.05, 3.63) is 23.3 Å². The second-order valence-corrected chi connectivity index (χ2v) is 3.34. The fraction of sp³-hybridized carbons (Fsp3) is 0.545. The van der Waals surface area contributed by atoms with E-state index < -0.39 is 6.16 Å². The third kappa shape index (κ3) is 24.5. The number of rotatable bonds is 4. The minimum Gasteiger partial charge on any atom is -0.450 e. The van der Waals surface area contributed by atoms with Crippen LogP contribution in [-0.4, -0.2) is 28.1 Å². The number of carboxylic acid groups (broad SMARTS) is 2. The smallest absolute Gasteiger partial charge is 0.450 e. The highest BCUT2D eigenvalue weighted by atomic mass is 16.6. The van der Waals surface area contributed by atoms with Gasteiger partial charge in [0.05, 0.1) is 6.61 Å². The second-order valence-electron chi connectivity index (χ2n) is 3.34. The first-order valence-corrected chi connectivity index (χ1v) is 4.71. The summed E-state index contributed by atoms with van der Waals surface area (Å²) in [6.07, 6.45) is 4.39. The van der Waals surface area contributed by atoms with E-state index in [4.69, 9.17) is 20.1 Å². The molecule has 88 valence electrons. The lowest BCUT2D eigenvalue weighted by Crippen LogP contribution is -1.81. The Morgan fingerprint density at radius 1 is 1.13 bits per heavy atom. The molecular formula is C11H20O4. The maximum Gasteiger partial charge on any atom is 0.503 e. The van der Waals surface area contributed by atoms with E-state index in [0.29, 0.717) is 0 Å². The van der Waals surface area contributed by atoms with Crippen LogP contribution in [0.15, 0.2) is 23.3 Å². The van der Waals surface area contributed by atoms with Crippen LogP contribution in [-0.2, 0) is 0 Å². The van der Waals surface area contributed by atoms with Gasteiger partial charge in [-0.1, -0.05) is 23.3 Å². The van der Waals surface area contributed by atoms with Crippen LogP contribution >= 0.6 is 0 Å². The summed E-state index contributed by atoms with van der Waals surface area (Å²) < 4.78 is 0. The maximum absolute atomic E-state index is 8.56. The van der Waals surface area contributed by atoms with Crippen LogP contribution in [0.3, 0.4) is 0 Å². The van der Waals surface area contributed by atoms with Crippen molar-refractivity contribution < 1.29 is 20.1 Å². The monoisotopic (exact) mass is 216 g/mol. The minimum absolute atomic E-state index is 0.167. The van der Waals surface area contributed by atoms with E-state index >= 15 is 0 Å². The second kappa shape index (κ2) is 10.8. The van der Waals surface area contributed by atoms with E-state index in [0.717, 1.165) is 12.8 Å². The predicted octanol–water partition coefficient (Wildman–Crippen LogP) is 2.89. The Kier molecular flexibility index (Phi) is 11.6. The molecule has 0 radical (unpaired) electrons. The van der Waals surface area contributed by atoms with Gasteiger partial charge in [-0.25, -0.2) is 4.79 Å². The zero-order valence-electron chi connectivity index (χ0n) is 9.53. The van der Waals surface area contributed by atoms with Crippen LogP contribution in [0.1, 0.15) is 33.6 Å². The molecule has 0 aromatic carbocycles. The molecule has 0 saturated carbocycles. The maximum atomic E-state index is 8.56. The van der Waals surface area contributed by atoms with Gasteiger partial charge < -0.3 is 15.3 Å². The van der Waals surface area contributed by atoms with Gasteiger partial charge in [0.1, 0.15) is 0 Å². The van der Waals surface area contributed by atoms with Crippen molar-refractivity contribution in [3.63, 3.8) is 0 Å². The first-order chi connectivity index (χ1) is 6.90. The quantitative estimate of drug-likeness (QED) is 0.631. The summed E-state index contributed by atoms with van der Waals surface area (Å²) in [6.45, 7) is 6.42. The van der Waals surface area contributed by atoms with E-state index in [9.17, 15) is 0 Å². The molecule has 3 N–H and O–H groups in total. The number of hydrogen-bond acceptors (Lipinski definition) is 2. The molecule has 0 aromatic heterocycles. The fourth-order valence-corrected chi connectivity index (χ4v) is 0.846. The largest absolute Gasteiger partial charge is 0.503 e. The molecule has 4 nitrogen and oxygen atoms in total. The van der Waals surface area contributed by atoms with Crippen molar-refractivity contribution in [2.45, 2.75) is 33.6 Å². The number of aliphatic hydroxyl groups is 1. The Morgan fingerprint density at radius 2 is 1.60 bits per heavy atom. The summed E-state index contributed by atoms with van der Waals surface area (Å²) in [6, 6.07) is 0. The molecule has 4 heteroatoms. The molecule has 0 saturated heterocycles. The van der Waals surface area contributed by atoms with Crippen molar-refractivity contribution in [1.29, 1.82) is 0 Å². The molecule has 0 spiro atoms. The number of aliphatic hydroxyl groups excluding tert-OH is 1. The molecule has 0 unspecified atom stereocenters. The van der Waals surface area contributed by atoms with Gasteiger partial charge in [-0.05, 0) is 33.6 Å². The lowest BCUT2D eigenvalue weighted by atomic mass is 10.1. The van der Waals surface area contributed by atoms with E-state index in [1.165, 1.54) is 11.1 Å². The fourth-order valence-electron chi connectivity index (χ4n) is 0.846. The van der Waals surface area contributed by atoms with Crippen molar-refractivity contribution in [3.8, 4) is 0 Å². The average Bonchev–Trinajstić information content (AvgIpc) is 2.02. The molecule has 15 heavy (non-hydrogen) atoms. The molecule has 0 fully saturated rings. The molecule has 0 heterocycles. The Hall–Kier alpha value is -1.29. The van der Waals surface area contributed by atoms with Gasteiger partial charge in [-0.3, -0.25) is 0 Å². The molecule has 0 atom stereocenters. The van der Waals surface area contributed by atoms with Crippen LogP contribution in [0.2, 0.25) is 0 Å². The Labute approximate surface area is 90.6 Å². The van der Waals surface area contributed by atoms with E-state index in [1.807, 2.05) is 6.08 Å². The van der Waals surface area contributed by atoms with E-state index in [2.05, 4.69) is 26.8 Å². The molecular weight excluding hydrogens is 196 g/mol. The lowest BCUT2D eigenvalue weighted by Gasteiger charge is -1.96. The van der Waals surface area contributed by atoms with Crippen LogP contribution < -0.4 is 0 Å². The number of allylic oxidation sites excluding steroid dienone is 3. The van der Waals surface area contributed by atoms with Crippen molar-refractivity contribution in [2.75, 3.05) is 6.61 Å². The van der Waals surface area contributed by atoms with Crippen LogP contribution in [0.25, 0.3) is 0 Å². The molecule has 0 aromatic rings. The highest BCUT2D eigenvalue weighted by molar-refractivity contribution is 5.53. The molecule has 0 bridgehead atoms. The SMILES string of the molecule is CC(C)=CCC/C(C)=C/CO.O=C(O)O. The highest BCUT2D eigenvalue weighted by Crippen LogP contribution is 2.05. The molecule has 0 aliphatic rings. The zero-order chi connectivity index (χ0) is 12.3. The topological polar surface area (TPSA) is 77.8 Å². The first kappa shape index (κ1) is 16.2. The lowest BCUT2D eigenvalue weighted by molar-refractivity contribution is 0.137. The molecule has 0 aliphatic carbocycles. The molecule has 0 rings (SSSR count). The van der Waals surface area contributed by atoms with Gasteiger partial charge in [0.2, 0.25) is 0 Å². The van der Waals surface area contributed by atoms with Crippen LogP contribution in [0, 0.1) is 0 Å². The predicted molar refractivity (Wildman–Crippen MR) is 60.2 cm³/mol. The zero-order valence-corrected chi connectivity index (χ0v) is 9.53. The van der Waals surface area contributed by atoms with Crippen molar-refractivity contribution in [1.82, 2.24) is 0 Å². The average molecular weight is 216 g/mol. The van der Waals surface area contributed by atoms with Crippen molar-refractivity contribution in [2.24, 2.45) is 0 Å². The minimum atomic E-state index is -1.83. The first-order valence-electron chi connectivity index (χ1n) is 4.71. The normalized spacial score (nSPS) is 10.0. The van der Waals surface area contributed by atoms with E-state index in [-0.39, 0.29) is 6.61 Å². The summed E-state index contributed by atoms with van der Waals surface area (Å²) in [5, 5.41) is 22.5. The third-order valence-corrected chi connectivity index (χ3v) is 1.53. The van der Waals surface area contributed by atoms with Crippen LogP contribution in [0.5, 0.6) is 0 Å². The van der Waals surface area contributed by atoms with Gasteiger partial charge >= 0.3 is 6.16 Å². The molecule has 0 amide bonds. The van der Waals surface area contributed by atoms with Gasteiger partial charge in [-0.15, -0.1) is 0 Å². The Balaban J connectivity index is 0. The number of carbonyl (C=O) groups is 1.